The number of aromatic nitrogens is 5. The lowest BCUT2D eigenvalue weighted by atomic mass is 10.2. The van der Waals surface area contributed by atoms with Crippen LogP contribution in [0.15, 0.2) is 27.9 Å². The van der Waals surface area contributed by atoms with Gasteiger partial charge in [-0.15, -0.1) is 5.10 Å². The van der Waals surface area contributed by atoms with Crippen LogP contribution in [0, 0.1) is 0 Å². The van der Waals surface area contributed by atoms with Crippen molar-refractivity contribution >= 4 is 17.9 Å². The zero-order valence-electron chi connectivity index (χ0n) is 19.7. The number of carbonyl (C=O) groups is 1. The number of hydrazone groups is 1. The van der Waals surface area contributed by atoms with Gasteiger partial charge in [-0.25, -0.2) is 10.1 Å². The van der Waals surface area contributed by atoms with Crippen molar-refractivity contribution in [2.24, 2.45) is 5.10 Å². The molecule has 13 nitrogen and oxygen atoms in total. The number of rotatable bonds is 12. The maximum Gasteiger partial charge on any atom is 0.293 e. The van der Waals surface area contributed by atoms with E-state index in [4.69, 9.17) is 19.8 Å². The van der Waals surface area contributed by atoms with E-state index in [1.165, 1.54) is 10.9 Å². The monoisotopic (exact) mass is 471 g/mol. The first-order valence-corrected chi connectivity index (χ1v) is 10.8. The number of carbonyl (C=O) groups excluding carboxylic acids is 1. The molecule has 0 saturated carbocycles. The van der Waals surface area contributed by atoms with Crippen molar-refractivity contribution in [1.29, 1.82) is 0 Å². The summed E-state index contributed by atoms with van der Waals surface area (Å²) in [6, 6.07) is 5.25. The molecule has 2 aromatic heterocycles. The van der Waals surface area contributed by atoms with Crippen LogP contribution in [0.4, 0.5) is 5.82 Å². The minimum atomic E-state index is -0.540. The van der Waals surface area contributed by atoms with Crippen LogP contribution in [0.1, 0.15) is 48.4 Å². The molecule has 13 heteroatoms. The van der Waals surface area contributed by atoms with Gasteiger partial charge in [0, 0.05) is 12.1 Å². The summed E-state index contributed by atoms with van der Waals surface area (Å²) in [6.45, 7) is 6.25. The van der Waals surface area contributed by atoms with Crippen LogP contribution in [-0.2, 0) is 6.54 Å². The molecule has 0 bridgehead atoms. The quantitative estimate of drug-likeness (QED) is 0.294. The highest BCUT2D eigenvalue weighted by atomic mass is 16.6. The lowest BCUT2D eigenvalue weighted by Crippen LogP contribution is -2.28. The van der Waals surface area contributed by atoms with E-state index in [1.807, 2.05) is 0 Å². The first kappa shape index (κ1) is 24.6. The van der Waals surface area contributed by atoms with E-state index in [0.717, 1.165) is 25.9 Å². The van der Waals surface area contributed by atoms with Gasteiger partial charge >= 0.3 is 0 Å². The molecule has 0 radical (unpaired) electrons. The third-order valence-corrected chi connectivity index (χ3v) is 4.93. The summed E-state index contributed by atoms with van der Waals surface area (Å²) in [6.07, 6.45) is 3.36. The van der Waals surface area contributed by atoms with E-state index in [1.54, 1.807) is 32.4 Å². The normalized spacial score (nSPS) is 11.3. The number of methoxy groups -OCH3 is 2. The number of benzene rings is 1. The molecule has 2 heterocycles. The van der Waals surface area contributed by atoms with Crippen molar-refractivity contribution in [2.75, 3.05) is 33.0 Å². The van der Waals surface area contributed by atoms with Crippen molar-refractivity contribution in [3.63, 3.8) is 0 Å². The molecule has 3 rings (SSSR count). The lowest BCUT2D eigenvalue weighted by Gasteiger charge is -2.21. The van der Waals surface area contributed by atoms with Crippen LogP contribution in [-0.4, -0.2) is 69.6 Å². The molecular weight excluding hydrogens is 442 g/mol. The summed E-state index contributed by atoms with van der Waals surface area (Å²) in [5, 5.41) is 19.6. The predicted octanol–water partition coefficient (Wildman–Crippen LogP) is 1.64. The van der Waals surface area contributed by atoms with E-state index in [9.17, 15) is 4.79 Å². The topological polar surface area (TPSA) is 159 Å². The van der Waals surface area contributed by atoms with Gasteiger partial charge in [0.15, 0.2) is 5.69 Å². The minimum absolute atomic E-state index is 0.0405. The van der Waals surface area contributed by atoms with Gasteiger partial charge < -0.3 is 15.2 Å². The van der Waals surface area contributed by atoms with Gasteiger partial charge in [-0.05, 0) is 54.4 Å². The van der Waals surface area contributed by atoms with Crippen LogP contribution >= 0.6 is 0 Å². The maximum atomic E-state index is 13.0. The van der Waals surface area contributed by atoms with E-state index in [2.05, 4.69) is 49.9 Å². The Labute approximate surface area is 196 Å². The number of amides is 1. The fraction of sp³-hybridized carbons (Fsp3) is 0.429. The lowest BCUT2D eigenvalue weighted by molar-refractivity contribution is 0.0947. The van der Waals surface area contributed by atoms with Gasteiger partial charge in [0.2, 0.25) is 11.6 Å². The van der Waals surface area contributed by atoms with E-state index < -0.39 is 5.91 Å². The van der Waals surface area contributed by atoms with E-state index in [0.29, 0.717) is 29.3 Å². The van der Waals surface area contributed by atoms with E-state index in [-0.39, 0.29) is 17.3 Å². The fourth-order valence-corrected chi connectivity index (χ4v) is 3.40. The molecule has 0 fully saturated rings. The smallest absolute Gasteiger partial charge is 0.293 e. The number of nitrogens with zero attached hydrogens (tertiary/aromatic N) is 7. The molecule has 1 amide bonds. The molecular formula is C21H29N9O4. The number of hydrogen-bond acceptors (Lipinski definition) is 11. The molecule has 0 atom stereocenters. The Kier molecular flexibility index (Phi) is 8.51. The van der Waals surface area contributed by atoms with Gasteiger partial charge in [-0.3, -0.25) is 9.69 Å². The average molecular weight is 472 g/mol. The first-order valence-electron chi connectivity index (χ1n) is 10.8. The largest absolute Gasteiger partial charge is 0.497 e. The van der Waals surface area contributed by atoms with Crippen molar-refractivity contribution in [2.45, 2.75) is 33.2 Å². The standard InChI is InChI=1S/C21H29N9O4/c1-5-9-29(10-6-2)13-16-18(24-28-30(16)20-19(22)26-34-27-20)21(31)25-23-12-14-11-15(32-3)7-8-17(14)33-4/h7-8,11-12H,5-6,9-10,13H2,1-4H3,(H2,22,26)(H,25,31). The molecule has 3 N–H and O–H groups in total. The fourth-order valence-electron chi connectivity index (χ4n) is 3.40. The van der Waals surface area contributed by atoms with Crippen LogP contribution in [0.5, 0.6) is 11.5 Å². The summed E-state index contributed by atoms with van der Waals surface area (Å²) in [7, 11) is 3.11. The van der Waals surface area contributed by atoms with Crippen molar-refractivity contribution in [3.05, 3.63) is 35.2 Å². The molecule has 0 spiro atoms. The van der Waals surface area contributed by atoms with Crippen LogP contribution in [0.25, 0.3) is 5.82 Å². The van der Waals surface area contributed by atoms with Gasteiger partial charge in [-0.2, -0.15) is 9.78 Å². The van der Waals surface area contributed by atoms with Gasteiger partial charge in [-0.1, -0.05) is 19.1 Å². The number of nitrogens with one attached hydrogen (secondary N) is 1. The average Bonchev–Trinajstić information content (AvgIpc) is 3.44. The Hall–Kier alpha value is -4.00. The number of hydrogen-bond donors (Lipinski definition) is 2. The van der Waals surface area contributed by atoms with Crippen LogP contribution in [0.3, 0.4) is 0 Å². The highest BCUT2D eigenvalue weighted by Crippen LogP contribution is 2.22. The number of nitrogen functional groups attached to an aromatic ring is 1. The Morgan fingerprint density at radius 1 is 1.24 bits per heavy atom. The molecule has 0 aliphatic heterocycles. The second kappa shape index (κ2) is 11.7. The second-order valence-electron chi connectivity index (χ2n) is 7.35. The predicted molar refractivity (Wildman–Crippen MR) is 124 cm³/mol. The van der Waals surface area contributed by atoms with Crippen molar-refractivity contribution < 1.29 is 18.9 Å². The Morgan fingerprint density at radius 2 is 2.00 bits per heavy atom. The summed E-state index contributed by atoms with van der Waals surface area (Å²) in [5.41, 5.74) is 9.57. The maximum absolute atomic E-state index is 13.0. The molecule has 182 valence electrons. The Balaban J connectivity index is 1.88. The zero-order chi connectivity index (χ0) is 24.5. The first-order chi connectivity index (χ1) is 16.5. The summed E-state index contributed by atoms with van der Waals surface area (Å²) < 4.78 is 16.6. The molecule has 0 unspecified atom stereocenters. The molecule has 0 aliphatic rings. The number of anilines is 1. The molecule has 0 aliphatic carbocycles. The minimum Gasteiger partial charge on any atom is -0.497 e. The summed E-state index contributed by atoms with van der Waals surface area (Å²) >= 11 is 0. The molecule has 3 aromatic rings. The third-order valence-electron chi connectivity index (χ3n) is 4.93. The number of nitrogens with two attached hydrogens (primary N) is 1. The van der Waals surface area contributed by atoms with Crippen LogP contribution < -0.4 is 20.6 Å². The summed E-state index contributed by atoms with van der Waals surface area (Å²) in [4.78, 5) is 15.2. The third kappa shape index (κ3) is 5.67. The van der Waals surface area contributed by atoms with Crippen molar-refractivity contribution in [3.8, 4) is 17.3 Å². The second-order valence-corrected chi connectivity index (χ2v) is 7.35. The Morgan fingerprint density at radius 3 is 2.62 bits per heavy atom. The van der Waals surface area contributed by atoms with Gasteiger partial charge in [0.1, 0.15) is 11.5 Å². The SMILES string of the molecule is CCCN(CCC)Cc1c(C(=O)NN=Cc2cc(OC)ccc2OC)nnn1-c1nonc1N. The Bertz CT molecular complexity index is 1120. The van der Waals surface area contributed by atoms with Crippen molar-refractivity contribution in [1.82, 2.24) is 35.6 Å². The number of ether oxygens (including phenoxy) is 2. The zero-order valence-corrected chi connectivity index (χ0v) is 19.7. The molecule has 0 saturated heterocycles. The van der Waals surface area contributed by atoms with E-state index >= 15 is 0 Å². The molecule has 34 heavy (non-hydrogen) atoms. The van der Waals surface area contributed by atoms with Crippen LogP contribution in [0.2, 0.25) is 0 Å². The molecule has 1 aromatic carbocycles. The highest BCUT2D eigenvalue weighted by molar-refractivity contribution is 5.94. The summed E-state index contributed by atoms with van der Waals surface area (Å²) in [5.74, 6) is 0.874. The van der Waals surface area contributed by atoms with Gasteiger partial charge in [0.05, 0.1) is 26.1 Å². The van der Waals surface area contributed by atoms with Gasteiger partial charge in [0.25, 0.3) is 5.91 Å². The highest BCUT2D eigenvalue weighted by Gasteiger charge is 2.25.